The molecule has 2 heterocycles. The van der Waals surface area contributed by atoms with Crippen molar-refractivity contribution in [2.24, 2.45) is 0 Å². The maximum Gasteiger partial charge on any atom is 0.352 e. The largest absolute Gasteiger partial charge is 0.497 e. The van der Waals surface area contributed by atoms with Crippen molar-refractivity contribution in [3.8, 4) is 11.4 Å². The van der Waals surface area contributed by atoms with Crippen LogP contribution < -0.4 is 21.3 Å². The lowest BCUT2D eigenvalue weighted by Crippen LogP contribution is -2.46. The summed E-state index contributed by atoms with van der Waals surface area (Å²) < 4.78 is 20.4. The Morgan fingerprint density at radius 2 is 1.85 bits per heavy atom. The molecule has 2 aromatic carbocycles. The lowest BCUT2D eigenvalue weighted by molar-refractivity contribution is 0.0941. The molecule has 0 bridgehead atoms. The molecule has 0 aliphatic carbocycles. The number of carbonyl (C=O) groups excluding carboxylic acids is 1. The van der Waals surface area contributed by atoms with Crippen molar-refractivity contribution in [1.82, 2.24) is 24.6 Å². The van der Waals surface area contributed by atoms with E-state index in [0.717, 1.165) is 14.8 Å². The minimum absolute atomic E-state index is 0.115. The molecular weight excluding hydrogens is 441 g/mol. The van der Waals surface area contributed by atoms with Gasteiger partial charge in [-0.05, 0) is 41.5 Å². The molecule has 0 spiro atoms. The molecule has 1 N–H and O–H groups in total. The van der Waals surface area contributed by atoms with E-state index in [4.69, 9.17) is 4.74 Å². The van der Waals surface area contributed by atoms with Gasteiger partial charge >= 0.3 is 5.69 Å². The van der Waals surface area contributed by atoms with Crippen molar-refractivity contribution < 1.29 is 13.9 Å². The topological polar surface area (TPSA) is 108 Å². The quantitative estimate of drug-likeness (QED) is 0.451. The highest BCUT2D eigenvalue weighted by molar-refractivity contribution is 5.91. The van der Waals surface area contributed by atoms with Crippen molar-refractivity contribution >= 4 is 5.91 Å². The van der Waals surface area contributed by atoms with Crippen LogP contribution in [0.15, 0.2) is 82.6 Å². The van der Waals surface area contributed by atoms with Gasteiger partial charge in [0.15, 0.2) is 0 Å². The number of halogens is 1. The summed E-state index contributed by atoms with van der Waals surface area (Å²) >= 11 is 0. The second kappa shape index (κ2) is 9.90. The number of carbonyl (C=O) groups is 1. The number of aromatic nitrogens is 4. The first-order chi connectivity index (χ1) is 16.5. The lowest BCUT2D eigenvalue weighted by Gasteiger charge is -2.13. The zero-order valence-electron chi connectivity index (χ0n) is 18.1. The van der Waals surface area contributed by atoms with Crippen LogP contribution in [0.3, 0.4) is 0 Å². The summed E-state index contributed by atoms with van der Waals surface area (Å²) in [5, 5.41) is 6.70. The Morgan fingerprint density at radius 3 is 2.56 bits per heavy atom. The van der Waals surface area contributed by atoms with E-state index in [2.05, 4.69) is 15.4 Å². The number of rotatable bonds is 7. The highest BCUT2D eigenvalue weighted by Gasteiger charge is 2.20. The molecule has 4 aromatic rings. The fourth-order valence-electron chi connectivity index (χ4n) is 3.25. The van der Waals surface area contributed by atoms with Crippen molar-refractivity contribution in [2.45, 2.75) is 13.1 Å². The normalized spacial score (nSPS) is 10.6. The van der Waals surface area contributed by atoms with Gasteiger partial charge < -0.3 is 10.1 Å². The Balaban J connectivity index is 1.79. The number of benzene rings is 2. The van der Waals surface area contributed by atoms with Crippen molar-refractivity contribution in [2.75, 3.05) is 7.11 Å². The van der Waals surface area contributed by atoms with Crippen LogP contribution in [0.1, 0.15) is 21.6 Å². The molecule has 0 aliphatic heterocycles. The number of ether oxygens (including phenoxy) is 1. The predicted octanol–water partition coefficient (Wildman–Crippen LogP) is 1.92. The van der Waals surface area contributed by atoms with E-state index in [1.54, 1.807) is 48.8 Å². The van der Waals surface area contributed by atoms with Crippen molar-refractivity contribution in [1.29, 1.82) is 0 Å². The summed E-state index contributed by atoms with van der Waals surface area (Å²) in [4.78, 5) is 43.3. The van der Waals surface area contributed by atoms with Gasteiger partial charge in [-0.3, -0.25) is 19.1 Å². The SMILES string of the molecule is COc1cccc(-n2nc(C(=O)NCc3cccnc3)c(=O)n(Cc3ccc(F)cc3)c2=O)c1. The molecule has 0 unspecified atom stereocenters. The molecule has 0 atom stereocenters. The molecule has 34 heavy (non-hydrogen) atoms. The molecular formula is C24H20FN5O4. The van der Waals surface area contributed by atoms with Crippen LogP contribution in [-0.2, 0) is 13.1 Å². The average Bonchev–Trinajstić information content (AvgIpc) is 2.87. The lowest BCUT2D eigenvalue weighted by atomic mass is 10.2. The van der Waals surface area contributed by atoms with Gasteiger partial charge in [0, 0.05) is 25.0 Å². The minimum atomic E-state index is -0.864. The molecule has 9 nitrogen and oxygen atoms in total. The molecule has 4 rings (SSSR count). The number of pyridine rings is 1. The van der Waals surface area contributed by atoms with Gasteiger partial charge in [0.1, 0.15) is 11.6 Å². The van der Waals surface area contributed by atoms with E-state index in [-0.39, 0.29) is 13.1 Å². The van der Waals surface area contributed by atoms with Crippen molar-refractivity contribution in [3.63, 3.8) is 0 Å². The van der Waals surface area contributed by atoms with E-state index < -0.39 is 28.7 Å². The Kier molecular flexibility index (Phi) is 6.58. The highest BCUT2D eigenvalue weighted by Crippen LogP contribution is 2.14. The van der Waals surface area contributed by atoms with Gasteiger partial charge in [0.05, 0.1) is 19.3 Å². The summed E-state index contributed by atoms with van der Waals surface area (Å²) in [6, 6.07) is 15.3. The summed E-state index contributed by atoms with van der Waals surface area (Å²) in [5.74, 6) is -0.737. The first kappa shape index (κ1) is 22.6. The van der Waals surface area contributed by atoms with Gasteiger partial charge in [0.2, 0.25) is 5.69 Å². The number of amides is 1. The van der Waals surface area contributed by atoms with E-state index in [9.17, 15) is 18.8 Å². The first-order valence-electron chi connectivity index (χ1n) is 10.3. The van der Waals surface area contributed by atoms with Crippen LogP contribution in [0.4, 0.5) is 4.39 Å². The third kappa shape index (κ3) is 4.90. The van der Waals surface area contributed by atoms with E-state index >= 15 is 0 Å². The second-order valence-electron chi connectivity index (χ2n) is 7.31. The monoisotopic (exact) mass is 461 g/mol. The maximum absolute atomic E-state index is 13.3. The predicted molar refractivity (Wildman–Crippen MR) is 122 cm³/mol. The minimum Gasteiger partial charge on any atom is -0.497 e. The molecule has 172 valence electrons. The van der Waals surface area contributed by atoms with Gasteiger partial charge in [-0.25, -0.2) is 9.18 Å². The third-order valence-electron chi connectivity index (χ3n) is 5.00. The molecule has 10 heteroatoms. The highest BCUT2D eigenvalue weighted by atomic mass is 19.1. The number of hydrogen-bond acceptors (Lipinski definition) is 6. The second-order valence-corrected chi connectivity index (χ2v) is 7.31. The van der Waals surface area contributed by atoms with E-state index in [0.29, 0.717) is 17.0 Å². The van der Waals surface area contributed by atoms with Gasteiger partial charge in [0.25, 0.3) is 11.5 Å². The molecule has 0 radical (unpaired) electrons. The fraction of sp³-hybridized carbons (Fsp3) is 0.125. The Hall–Kier alpha value is -4.60. The Labute approximate surface area is 193 Å². The summed E-state index contributed by atoms with van der Waals surface area (Å²) in [6.07, 6.45) is 3.18. The zero-order valence-corrected chi connectivity index (χ0v) is 18.1. The van der Waals surface area contributed by atoms with Gasteiger partial charge in [-0.2, -0.15) is 9.78 Å². The van der Waals surface area contributed by atoms with Crippen LogP contribution in [0.25, 0.3) is 5.69 Å². The summed E-state index contributed by atoms with van der Waals surface area (Å²) in [6.45, 7) is -0.0582. The van der Waals surface area contributed by atoms with Gasteiger partial charge in [-0.15, -0.1) is 0 Å². The molecule has 0 saturated heterocycles. The zero-order chi connectivity index (χ0) is 24.1. The first-order valence-corrected chi connectivity index (χ1v) is 10.3. The molecule has 0 aliphatic rings. The number of nitrogens with zero attached hydrogens (tertiary/aromatic N) is 4. The third-order valence-corrected chi connectivity index (χ3v) is 5.00. The van der Waals surface area contributed by atoms with E-state index in [1.165, 1.54) is 31.4 Å². The summed E-state index contributed by atoms with van der Waals surface area (Å²) in [7, 11) is 1.47. The smallest absolute Gasteiger partial charge is 0.352 e. The Bertz CT molecular complexity index is 1430. The number of methoxy groups -OCH3 is 1. The Morgan fingerprint density at radius 1 is 1.06 bits per heavy atom. The van der Waals surface area contributed by atoms with Gasteiger partial charge in [-0.1, -0.05) is 24.3 Å². The van der Waals surface area contributed by atoms with Crippen LogP contribution in [0.2, 0.25) is 0 Å². The standard InChI is InChI=1S/C24H20FN5O4/c1-34-20-6-2-5-19(12-20)30-24(33)29(15-16-7-9-18(25)10-8-16)23(32)21(28-30)22(31)27-14-17-4-3-11-26-13-17/h2-13H,14-15H2,1H3,(H,27,31). The fourth-order valence-corrected chi connectivity index (χ4v) is 3.25. The molecule has 0 fully saturated rings. The van der Waals surface area contributed by atoms with Crippen LogP contribution in [0, 0.1) is 5.82 Å². The van der Waals surface area contributed by atoms with Crippen molar-refractivity contribution in [3.05, 3.63) is 117 Å². The van der Waals surface area contributed by atoms with Crippen LogP contribution in [0.5, 0.6) is 5.75 Å². The molecule has 2 aromatic heterocycles. The van der Waals surface area contributed by atoms with E-state index in [1.807, 2.05) is 0 Å². The molecule has 0 saturated carbocycles. The van der Waals surface area contributed by atoms with Crippen LogP contribution in [-0.4, -0.2) is 32.3 Å². The van der Waals surface area contributed by atoms with Crippen LogP contribution >= 0.6 is 0 Å². The number of hydrogen-bond donors (Lipinski definition) is 1. The maximum atomic E-state index is 13.3. The molecule has 1 amide bonds. The summed E-state index contributed by atoms with van der Waals surface area (Å²) in [5.41, 5.74) is -0.551. The number of nitrogens with one attached hydrogen (secondary N) is 1. The average molecular weight is 461 g/mol.